The Kier molecular flexibility index (Phi) is 5.09. The van der Waals surface area contributed by atoms with Crippen molar-refractivity contribution >= 4 is 5.91 Å². The number of halogens is 2. The first-order valence-electron chi connectivity index (χ1n) is 7.09. The number of carbonyl (C=O) groups is 1. The molecule has 0 aromatic heterocycles. The molecule has 2 aromatic carbocycles. The topological polar surface area (TPSA) is 49.3 Å². The maximum absolute atomic E-state index is 13.8. The van der Waals surface area contributed by atoms with Crippen LogP contribution in [0.25, 0.3) is 11.1 Å². The molecule has 22 heavy (non-hydrogen) atoms. The average molecular weight is 305 g/mol. The van der Waals surface area contributed by atoms with E-state index in [4.69, 9.17) is 0 Å². The fourth-order valence-corrected chi connectivity index (χ4v) is 2.08. The minimum atomic E-state index is -0.719. The minimum Gasteiger partial charge on any atom is -0.507 e. The van der Waals surface area contributed by atoms with E-state index in [1.165, 1.54) is 24.3 Å². The van der Waals surface area contributed by atoms with Crippen LogP contribution in [0.5, 0.6) is 5.75 Å². The number of benzene rings is 2. The second kappa shape index (κ2) is 7.02. The van der Waals surface area contributed by atoms with E-state index in [-0.39, 0.29) is 16.9 Å². The van der Waals surface area contributed by atoms with Gasteiger partial charge in [-0.25, -0.2) is 8.78 Å². The smallest absolute Gasteiger partial charge is 0.255 e. The quantitative estimate of drug-likeness (QED) is 0.824. The third-order valence-corrected chi connectivity index (χ3v) is 3.30. The van der Waals surface area contributed by atoms with Crippen molar-refractivity contribution in [2.24, 2.45) is 0 Å². The van der Waals surface area contributed by atoms with Crippen molar-refractivity contribution in [3.05, 3.63) is 53.6 Å². The van der Waals surface area contributed by atoms with Crippen molar-refractivity contribution in [3.8, 4) is 16.9 Å². The lowest BCUT2D eigenvalue weighted by atomic mass is 10.0. The van der Waals surface area contributed by atoms with Gasteiger partial charge in [0, 0.05) is 18.2 Å². The number of carbonyl (C=O) groups excluding carboxylic acids is 1. The Morgan fingerprint density at radius 1 is 1.18 bits per heavy atom. The highest BCUT2D eigenvalue weighted by molar-refractivity contribution is 5.98. The maximum atomic E-state index is 13.8. The van der Waals surface area contributed by atoms with Crippen LogP contribution in [0.2, 0.25) is 0 Å². The molecule has 0 aliphatic heterocycles. The summed E-state index contributed by atoms with van der Waals surface area (Å²) in [5.74, 6) is -1.99. The first-order chi connectivity index (χ1) is 10.5. The van der Waals surface area contributed by atoms with Crippen molar-refractivity contribution in [2.75, 3.05) is 6.54 Å². The summed E-state index contributed by atoms with van der Waals surface area (Å²) in [4.78, 5) is 12.0. The van der Waals surface area contributed by atoms with Crippen molar-refractivity contribution in [2.45, 2.75) is 19.8 Å². The molecule has 5 heteroatoms. The lowest BCUT2D eigenvalue weighted by molar-refractivity contribution is 0.0950. The van der Waals surface area contributed by atoms with E-state index in [2.05, 4.69) is 5.32 Å². The second-order valence-electron chi connectivity index (χ2n) is 4.97. The van der Waals surface area contributed by atoms with Gasteiger partial charge in [-0.1, -0.05) is 19.4 Å². The predicted octanol–water partition coefficient (Wildman–Crippen LogP) is 3.87. The van der Waals surface area contributed by atoms with Gasteiger partial charge in [-0.3, -0.25) is 4.79 Å². The van der Waals surface area contributed by atoms with Gasteiger partial charge < -0.3 is 10.4 Å². The molecule has 2 rings (SSSR count). The summed E-state index contributed by atoms with van der Waals surface area (Å²) >= 11 is 0. The first-order valence-corrected chi connectivity index (χ1v) is 7.09. The Labute approximate surface area is 127 Å². The van der Waals surface area contributed by atoms with Gasteiger partial charge in [0.15, 0.2) is 0 Å². The molecule has 0 aliphatic rings. The molecule has 2 aromatic rings. The molecule has 0 unspecified atom stereocenters. The van der Waals surface area contributed by atoms with Crippen LogP contribution in [-0.2, 0) is 0 Å². The van der Waals surface area contributed by atoms with Crippen LogP contribution in [0, 0.1) is 11.6 Å². The van der Waals surface area contributed by atoms with Crippen molar-refractivity contribution in [1.29, 1.82) is 0 Å². The van der Waals surface area contributed by atoms with Crippen LogP contribution in [-0.4, -0.2) is 17.6 Å². The summed E-state index contributed by atoms with van der Waals surface area (Å²) in [5.41, 5.74) is 0.636. The number of phenols is 1. The average Bonchev–Trinajstić information content (AvgIpc) is 2.48. The van der Waals surface area contributed by atoms with Gasteiger partial charge in [0.25, 0.3) is 5.91 Å². The minimum absolute atomic E-state index is 0.0670. The molecule has 0 radical (unpaired) electrons. The Morgan fingerprint density at radius 3 is 2.64 bits per heavy atom. The number of hydrogen-bond acceptors (Lipinski definition) is 2. The zero-order chi connectivity index (χ0) is 16.1. The lowest BCUT2D eigenvalue weighted by Crippen LogP contribution is -2.24. The molecule has 0 atom stereocenters. The highest BCUT2D eigenvalue weighted by atomic mass is 19.1. The zero-order valence-electron chi connectivity index (χ0n) is 12.2. The third-order valence-electron chi connectivity index (χ3n) is 3.30. The molecule has 0 aliphatic carbocycles. The zero-order valence-corrected chi connectivity index (χ0v) is 12.2. The lowest BCUT2D eigenvalue weighted by Gasteiger charge is -2.09. The number of nitrogens with one attached hydrogen (secondary N) is 1. The number of hydrogen-bond donors (Lipinski definition) is 2. The van der Waals surface area contributed by atoms with Crippen LogP contribution >= 0.6 is 0 Å². The predicted molar refractivity (Wildman–Crippen MR) is 80.7 cm³/mol. The third kappa shape index (κ3) is 3.61. The number of amides is 1. The van der Waals surface area contributed by atoms with Gasteiger partial charge in [0.05, 0.1) is 5.56 Å². The van der Waals surface area contributed by atoms with E-state index in [0.29, 0.717) is 12.1 Å². The van der Waals surface area contributed by atoms with Crippen molar-refractivity contribution in [1.82, 2.24) is 5.32 Å². The van der Waals surface area contributed by atoms with E-state index in [1.54, 1.807) is 0 Å². The fourth-order valence-electron chi connectivity index (χ4n) is 2.08. The summed E-state index contributed by atoms with van der Waals surface area (Å²) in [7, 11) is 0. The SMILES string of the molecule is CCCCNC(=O)c1cc(-c2ccc(F)cc2F)ccc1O. The molecule has 2 N–H and O–H groups in total. The van der Waals surface area contributed by atoms with Crippen molar-refractivity contribution < 1.29 is 18.7 Å². The molecule has 0 fully saturated rings. The van der Waals surface area contributed by atoms with Gasteiger partial charge in [0.1, 0.15) is 17.4 Å². The largest absolute Gasteiger partial charge is 0.507 e. The summed E-state index contributed by atoms with van der Waals surface area (Å²) in [5, 5.41) is 12.5. The van der Waals surface area contributed by atoms with E-state index in [1.807, 2.05) is 6.92 Å². The summed E-state index contributed by atoms with van der Waals surface area (Å²) in [6.45, 7) is 2.51. The van der Waals surface area contributed by atoms with Gasteiger partial charge >= 0.3 is 0 Å². The standard InChI is InChI=1S/C17H17F2NO2/c1-2-3-8-20-17(22)14-9-11(4-7-16(14)21)13-6-5-12(18)10-15(13)19/h4-7,9-10,21H,2-3,8H2,1H3,(H,20,22). The molecule has 0 heterocycles. The molecule has 0 spiro atoms. The Hall–Kier alpha value is -2.43. The molecule has 116 valence electrons. The van der Waals surface area contributed by atoms with Crippen LogP contribution in [0.3, 0.4) is 0 Å². The number of unbranched alkanes of at least 4 members (excludes halogenated alkanes) is 1. The normalized spacial score (nSPS) is 10.5. The number of rotatable bonds is 5. The van der Waals surface area contributed by atoms with Crippen LogP contribution in [0.4, 0.5) is 8.78 Å². The highest BCUT2D eigenvalue weighted by Crippen LogP contribution is 2.28. The summed E-state index contributed by atoms with van der Waals surface area (Å²) in [6, 6.07) is 7.43. The molecule has 0 saturated heterocycles. The molecule has 0 bridgehead atoms. The number of phenolic OH excluding ortho intramolecular Hbond substituents is 1. The Bertz CT molecular complexity index is 686. The summed E-state index contributed by atoms with van der Waals surface area (Å²) < 4.78 is 26.8. The van der Waals surface area contributed by atoms with Crippen LogP contribution < -0.4 is 5.32 Å². The highest BCUT2D eigenvalue weighted by Gasteiger charge is 2.14. The first kappa shape index (κ1) is 15.9. The maximum Gasteiger partial charge on any atom is 0.255 e. The Balaban J connectivity index is 2.32. The van der Waals surface area contributed by atoms with E-state index in [0.717, 1.165) is 25.0 Å². The summed E-state index contributed by atoms with van der Waals surface area (Å²) in [6.07, 6.45) is 1.77. The van der Waals surface area contributed by atoms with E-state index in [9.17, 15) is 18.7 Å². The van der Waals surface area contributed by atoms with Gasteiger partial charge in [-0.2, -0.15) is 0 Å². The molecule has 3 nitrogen and oxygen atoms in total. The van der Waals surface area contributed by atoms with E-state index >= 15 is 0 Å². The van der Waals surface area contributed by atoms with E-state index < -0.39 is 17.5 Å². The van der Waals surface area contributed by atoms with Gasteiger partial charge in [-0.05, 0) is 36.2 Å². The monoisotopic (exact) mass is 305 g/mol. The molecule has 1 amide bonds. The van der Waals surface area contributed by atoms with Crippen molar-refractivity contribution in [3.63, 3.8) is 0 Å². The Morgan fingerprint density at radius 2 is 1.95 bits per heavy atom. The van der Waals surface area contributed by atoms with Gasteiger partial charge in [0.2, 0.25) is 0 Å². The van der Waals surface area contributed by atoms with Gasteiger partial charge in [-0.15, -0.1) is 0 Å². The molecule has 0 saturated carbocycles. The van der Waals surface area contributed by atoms with Crippen LogP contribution in [0.1, 0.15) is 30.1 Å². The van der Waals surface area contributed by atoms with Crippen LogP contribution in [0.15, 0.2) is 36.4 Å². The fraction of sp³-hybridized carbons (Fsp3) is 0.235. The number of aromatic hydroxyl groups is 1. The molecular formula is C17H17F2NO2. The molecular weight excluding hydrogens is 288 g/mol. The second-order valence-corrected chi connectivity index (χ2v) is 4.97.